The highest BCUT2D eigenvalue weighted by atomic mass is 16.1. The van der Waals surface area contributed by atoms with Crippen LogP contribution >= 0.6 is 0 Å². The molecule has 4 heterocycles. The first-order valence-corrected chi connectivity index (χ1v) is 11.3. The number of pyridine rings is 1. The maximum absolute atomic E-state index is 11.8. The molecule has 3 aromatic rings. The zero-order valence-corrected chi connectivity index (χ0v) is 18.9. The van der Waals surface area contributed by atoms with Gasteiger partial charge in [0.25, 0.3) is 0 Å². The molecule has 2 aliphatic heterocycles. The summed E-state index contributed by atoms with van der Waals surface area (Å²) < 4.78 is 2.08. The first-order chi connectivity index (χ1) is 15.5. The zero-order chi connectivity index (χ0) is 22.2. The summed E-state index contributed by atoms with van der Waals surface area (Å²) in [5.74, 6) is -0.107. The van der Waals surface area contributed by atoms with Gasteiger partial charge in [0.2, 0.25) is 5.91 Å². The van der Waals surface area contributed by atoms with E-state index < -0.39 is 0 Å². The summed E-state index contributed by atoms with van der Waals surface area (Å²) in [5, 5.41) is 0. The van der Waals surface area contributed by atoms with E-state index in [9.17, 15) is 4.79 Å². The number of rotatable bonds is 4. The molecule has 2 unspecified atom stereocenters. The number of carbonyl (C=O) groups is 1. The highest BCUT2D eigenvalue weighted by molar-refractivity contribution is 6.03. The third kappa shape index (κ3) is 3.86. The number of hydrogen-bond acceptors (Lipinski definition) is 4. The molecule has 1 amide bonds. The summed E-state index contributed by atoms with van der Waals surface area (Å²) in [7, 11) is 2.22. The lowest BCUT2D eigenvalue weighted by atomic mass is 10.0. The molecule has 2 aromatic heterocycles. The Bertz CT molecular complexity index is 1190. The number of piperazine rings is 1. The largest absolute Gasteiger partial charge is 0.368 e. The van der Waals surface area contributed by atoms with Gasteiger partial charge in [-0.05, 0) is 61.9 Å². The van der Waals surface area contributed by atoms with Crippen LogP contribution in [0.4, 0.5) is 5.69 Å². The van der Waals surface area contributed by atoms with Crippen LogP contribution in [0, 0.1) is 0 Å². The van der Waals surface area contributed by atoms with Crippen molar-refractivity contribution < 1.29 is 4.79 Å². The lowest BCUT2D eigenvalue weighted by molar-refractivity contribution is -0.116. The number of aromatic nitrogens is 2. The Morgan fingerprint density at radius 1 is 1.03 bits per heavy atom. The van der Waals surface area contributed by atoms with E-state index in [2.05, 4.69) is 81.5 Å². The van der Waals surface area contributed by atoms with Crippen molar-refractivity contribution in [1.82, 2.24) is 14.3 Å². The van der Waals surface area contributed by atoms with Gasteiger partial charge in [0.15, 0.2) is 0 Å². The minimum atomic E-state index is -0.107. The fourth-order valence-electron chi connectivity index (χ4n) is 4.78. The van der Waals surface area contributed by atoms with E-state index in [0.29, 0.717) is 18.5 Å². The van der Waals surface area contributed by atoms with Crippen LogP contribution in [0.25, 0.3) is 11.2 Å². The number of nitrogens with zero attached hydrogens (tertiary/aromatic N) is 5. The molecule has 1 aromatic carbocycles. The zero-order valence-electron chi connectivity index (χ0n) is 18.9. The molecule has 2 atom stereocenters. The molecule has 0 spiro atoms. The molecule has 0 aliphatic carbocycles. The average Bonchev–Trinajstić information content (AvgIpc) is 3.28. The van der Waals surface area contributed by atoms with Crippen molar-refractivity contribution in [2.24, 2.45) is 4.99 Å². The molecule has 0 radical (unpaired) electrons. The fraction of sp³-hybridized carbons (Fsp3) is 0.346. The molecule has 2 aliphatic rings. The number of benzene rings is 1. The predicted octanol–water partition coefficient (Wildman–Crippen LogP) is 3.84. The van der Waals surface area contributed by atoms with E-state index in [1.54, 1.807) is 6.21 Å². The van der Waals surface area contributed by atoms with Crippen molar-refractivity contribution in [1.29, 1.82) is 0 Å². The SMILES string of the molecule is CC1CN(c2ccc(Cc3ccc(C4=CC=NC(=O)C4)n4ccnc34)cc2)CC(C)N1C. The molecule has 6 heteroatoms. The quantitative estimate of drug-likeness (QED) is 0.635. The Morgan fingerprint density at radius 2 is 1.78 bits per heavy atom. The van der Waals surface area contributed by atoms with Crippen LogP contribution in [0.5, 0.6) is 0 Å². The highest BCUT2D eigenvalue weighted by Crippen LogP contribution is 2.26. The first-order valence-electron chi connectivity index (χ1n) is 11.3. The van der Waals surface area contributed by atoms with Gasteiger partial charge >= 0.3 is 0 Å². The molecule has 1 saturated heterocycles. The van der Waals surface area contributed by atoms with Crippen LogP contribution in [-0.4, -0.2) is 58.6 Å². The minimum absolute atomic E-state index is 0.107. The van der Waals surface area contributed by atoms with Crippen molar-refractivity contribution >= 4 is 29.0 Å². The second-order valence-electron chi connectivity index (χ2n) is 9.02. The van der Waals surface area contributed by atoms with Gasteiger partial charge in [-0.2, -0.15) is 0 Å². The van der Waals surface area contributed by atoms with Crippen molar-refractivity contribution in [2.75, 3.05) is 25.0 Å². The maximum atomic E-state index is 11.8. The number of dihydropyridines is 1. The number of anilines is 1. The molecule has 1 fully saturated rings. The van der Waals surface area contributed by atoms with Crippen LogP contribution < -0.4 is 4.90 Å². The van der Waals surface area contributed by atoms with E-state index in [1.165, 1.54) is 16.8 Å². The topological polar surface area (TPSA) is 53.2 Å². The average molecular weight is 428 g/mol. The molecular weight excluding hydrogens is 398 g/mol. The third-order valence-electron chi connectivity index (χ3n) is 6.85. The van der Waals surface area contributed by atoms with E-state index >= 15 is 0 Å². The standard InChI is InChI=1S/C26H29N5O/c1-18-16-30(17-19(2)29(18)3)23-7-4-20(5-8-23)14-22-6-9-24(31-13-12-28-26(22)31)21-10-11-27-25(32)15-21/h4-13,18-19H,14-17H2,1-3H3. The Hall–Kier alpha value is -3.25. The Kier molecular flexibility index (Phi) is 5.39. The molecule has 0 N–H and O–H groups in total. The van der Waals surface area contributed by atoms with E-state index in [4.69, 9.17) is 0 Å². The lowest BCUT2D eigenvalue weighted by Crippen LogP contribution is -2.55. The summed E-state index contributed by atoms with van der Waals surface area (Å²) in [6.07, 6.45) is 8.42. The molecule has 6 nitrogen and oxygen atoms in total. The summed E-state index contributed by atoms with van der Waals surface area (Å²) in [6, 6.07) is 14.3. The van der Waals surface area contributed by atoms with Gasteiger partial charge in [0.1, 0.15) is 5.65 Å². The Balaban J connectivity index is 1.37. The Morgan fingerprint density at radius 3 is 2.50 bits per heavy atom. The summed E-state index contributed by atoms with van der Waals surface area (Å²) in [6.45, 7) is 6.70. The van der Waals surface area contributed by atoms with Gasteiger partial charge in [-0.15, -0.1) is 0 Å². The van der Waals surface area contributed by atoms with Crippen molar-refractivity contribution in [3.8, 4) is 0 Å². The van der Waals surface area contributed by atoms with Crippen molar-refractivity contribution in [3.63, 3.8) is 0 Å². The van der Waals surface area contributed by atoms with Gasteiger partial charge in [-0.1, -0.05) is 18.2 Å². The van der Waals surface area contributed by atoms with Crippen LogP contribution in [-0.2, 0) is 11.2 Å². The summed E-state index contributed by atoms with van der Waals surface area (Å²) >= 11 is 0. The molecular formula is C26H29N5O. The number of aliphatic imine (C=N–C) groups is 1. The van der Waals surface area contributed by atoms with Gasteiger partial charge < -0.3 is 4.90 Å². The Labute approximate surface area is 188 Å². The number of carbonyl (C=O) groups excluding carboxylic acids is 1. The number of hydrogen-bond donors (Lipinski definition) is 0. The van der Waals surface area contributed by atoms with Crippen molar-refractivity contribution in [2.45, 2.75) is 38.8 Å². The molecule has 164 valence electrons. The van der Waals surface area contributed by atoms with Gasteiger partial charge in [-0.25, -0.2) is 9.98 Å². The molecule has 0 saturated carbocycles. The molecule has 0 bridgehead atoms. The smallest absolute Gasteiger partial charge is 0.250 e. The van der Waals surface area contributed by atoms with Crippen LogP contribution in [0.3, 0.4) is 0 Å². The van der Waals surface area contributed by atoms with Crippen LogP contribution in [0.2, 0.25) is 0 Å². The van der Waals surface area contributed by atoms with Crippen LogP contribution in [0.15, 0.2) is 59.9 Å². The van der Waals surface area contributed by atoms with Gasteiger partial charge in [0.05, 0.1) is 12.1 Å². The predicted molar refractivity (Wildman–Crippen MR) is 129 cm³/mol. The second kappa shape index (κ2) is 8.36. The summed E-state index contributed by atoms with van der Waals surface area (Å²) in [5.41, 5.74) is 6.63. The maximum Gasteiger partial charge on any atom is 0.250 e. The first kappa shape index (κ1) is 20.6. The number of imidazole rings is 1. The normalized spacial score (nSPS) is 21.9. The minimum Gasteiger partial charge on any atom is -0.368 e. The third-order valence-corrected chi connectivity index (χ3v) is 6.85. The van der Waals surface area contributed by atoms with Crippen molar-refractivity contribution in [3.05, 3.63) is 71.7 Å². The monoisotopic (exact) mass is 427 g/mol. The summed E-state index contributed by atoms with van der Waals surface area (Å²) in [4.78, 5) is 25.1. The van der Waals surface area contributed by atoms with Gasteiger partial charge in [0, 0.05) is 55.9 Å². The number of amides is 1. The number of allylic oxidation sites excluding steroid dienone is 1. The highest BCUT2D eigenvalue weighted by Gasteiger charge is 2.26. The number of likely N-dealkylation sites (N-methyl/N-ethyl adjacent to an activating group) is 1. The fourth-order valence-corrected chi connectivity index (χ4v) is 4.78. The second-order valence-corrected chi connectivity index (χ2v) is 9.02. The van der Waals surface area contributed by atoms with E-state index in [0.717, 1.165) is 36.4 Å². The van der Waals surface area contributed by atoms with Gasteiger partial charge in [-0.3, -0.25) is 14.1 Å². The molecule has 32 heavy (non-hydrogen) atoms. The lowest BCUT2D eigenvalue weighted by Gasteiger charge is -2.43. The van der Waals surface area contributed by atoms with Crippen LogP contribution in [0.1, 0.15) is 37.1 Å². The molecule has 5 rings (SSSR count). The van der Waals surface area contributed by atoms with E-state index in [1.807, 2.05) is 18.5 Å². The number of fused-ring (bicyclic) bond motifs is 1. The van der Waals surface area contributed by atoms with E-state index in [-0.39, 0.29) is 5.91 Å².